The molecule has 0 heterocycles. The second-order valence-electron chi connectivity index (χ2n) is 5.07. The van der Waals surface area contributed by atoms with E-state index in [-0.39, 0.29) is 11.9 Å². The fourth-order valence-electron chi connectivity index (χ4n) is 2.58. The number of nitrogens with two attached hydrogens (primary N) is 1. The lowest BCUT2D eigenvalue weighted by Crippen LogP contribution is -2.05. The molecule has 0 fully saturated rings. The Morgan fingerprint density at radius 2 is 2.10 bits per heavy atom. The molecule has 2 aromatic rings. The summed E-state index contributed by atoms with van der Waals surface area (Å²) < 4.78 is 19.7. The van der Waals surface area contributed by atoms with Crippen LogP contribution in [0.25, 0.3) is 0 Å². The molecule has 2 nitrogen and oxygen atoms in total. The molecule has 2 aromatic carbocycles. The van der Waals surface area contributed by atoms with Gasteiger partial charge in [-0.3, -0.25) is 0 Å². The molecule has 0 bridgehead atoms. The van der Waals surface area contributed by atoms with Crippen molar-refractivity contribution in [1.82, 2.24) is 0 Å². The molecule has 104 valence electrons. The van der Waals surface area contributed by atoms with Gasteiger partial charge in [-0.15, -0.1) is 0 Å². The standard InChI is InChI=1S/C16H15BrFNO/c17-12-5-10(6-13(18)8-12)9-20-14-2-3-15-11(7-14)1-4-16(15)19/h2-3,5-8,16H,1,4,9,19H2/t16-/m1/s1. The fraction of sp³-hybridized carbons (Fsp3) is 0.250. The molecule has 2 N–H and O–H groups in total. The Hall–Kier alpha value is -1.39. The second-order valence-corrected chi connectivity index (χ2v) is 5.99. The van der Waals surface area contributed by atoms with Crippen molar-refractivity contribution < 1.29 is 9.13 Å². The van der Waals surface area contributed by atoms with E-state index in [2.05, 4.69) is 15.9 Å². The molecular weight excluding hydrogens is 321 g/mol. The van der Waals surface area contributed by atoms with Gasteiger partial charge in [0.15, 0.2) is 0 Å². The van der Waals surface area contributed by atoms with Crippen molar-refractivity contribution in [2.24, 2.45) is 5.73 Å². The van der Waals surface area contributed by atoms with Crippen molar-refractivity contribution in [3.05, 3.63) is 63.4 Å². The average molecular weight is 336 g/mol. The second kappa shape index (κ2) is 5.54. The highest BCUT2D eigenvalue weighted by Gasteiger charge is 2.19. The molecule has 4 heteroatoms. The first-order chi connectivity index (χ1) is 9.61. The number of hydrogen-bond acceptors (Lipinski definition) is 2. The summed E-state index contributed by atoms with van der Waals surface area (Å²) in [5.74, 6) is 0.538. The minimum absolute atomic E-state index is 0.151. The van der Waals surface area contributed by atoms with Gasteiger partial charge in [-0.05, 0) is 59.9 Å². The minimum atomic E-state index is -0.266. The van der Waals surface area contributed by atoms with Crippen LogP contribution in [0.15, 0.2) is 40.9 Å². The largest absolute Gasteiger partial charge is 0.489 e. The van der Waals surface area contributed by atoms with Gasteiger partial charge in [0.25, 0.3) is 0 Å². The molecule has 1 aliphatic carbocycles. The van der Waals surface area contributed by atoms with E-state index >= 15 is 0 Å². The summed E-state index contributed by atoms with van der Waals surface area (Å²) in [5.41, 5.74) is 9.28. The Morgan fingerprint density at radius 1 is 1.25 bits per heavy atom. The van der Waals surface area contributed by atoms with E-state index in [0.717, 1.165) is 28.6 Å². The molecule has 1 atom stereocenters. The summed E-state index contributed by atoms with van der Waals surface area (Å²) >= 11 is 3.28. The maximum absolute atomic E-state index is 13.3. The van der Waals surface area contributed by atoms with Gasteiger partial charge in [0.1, 0.15) is 18.2 Å². The van der Waals surface area contributed by atoms with Crippen LogP contribution in [0.3, 0.4) is 0 Å². The number of hydrogen-bond donors (Lipinski definition) is 1. The highest BCUT2D eigenvalue weighted by atomic mass is 79.9. The molecule has 0 aromatic heterocycles. The first kappa shape index (κ1) is 13.6. The fourth-order valence-corrected chi connectivity index (χ4v) is 3.09. The Kier molecular flexibility index (Phi) is 3.76. The Bertz CT molecular complexity index is 624. The van der Waals surface area contributed by atoms with Crippen molar-refractivity contribution in [2.75, 3.05) is 0 Å². The SMILES string of the molecule is N[C@@H]1CCc2cc(OCc3cc(F)cc(Br)c3)ccc21. The lowest BCUT2D eigenvalue weighted by molar-refractivity contribution is 0.305. The van der Waals surface area contributed by atoms with Crippen LogP contribution in [0.1, 0.15) is 29.2 Å². The Morgan fingerprint density at radius 3 is 2.90 bits per heavy atom. The van der Waals surface area contributed by atoms with Gasteiger partial charge in [-0.2, -0.15) is 0 Å². The Balaban J connectivity index is 1.72. The van der Waals surface area contributed by atoms with Gasteiger partial charge in [0, 0.05) is 10.5 Å². The van der Waals surface area contributed by atoms with Crippen molar-refractivity contribution >= 4 is 15.9 Å². The van der Waals surface area contributed by atoms with E-state index in [1.54, 1.807) is 0 Å². The lowest BCUT2D eigenvalue weighted by atomic mass is 10.1. The highest BCUT2D eigenvalue weighted by molar-refractivity contribution is 9.10. The number of halogens is 2. The van der Waals surface area contributed by atoms with Crippen LogP contribution >= 0.6 is 15.9 Å². The van der Waals surface area contributed by atoms with Crippen molar-refractivity contribution in [1.29, 1.82) is 0 Å². The molecule has 3 rings (SSSR count). The minimum Gasteiger partial charge on any atom is -0.489 e. The molecule has 0 saturated heterocycles. The molecule has 0 spiro atoms. The zero-order valence-electron chi connectivity index (χ0n) is 10.9. The van der Waals surface area contributed by atoms with E-state index in [1.807, 2.05) is 24.3 Å². The van der Waals surface area contributed by atoms with Crippen LogP contribution in [0.2, 0.25) is 0 Å². The van der Waals surface area contributed by atoms with Gasteiger partial charge in [-0.1, -0.05) is 22.0 Å². The number of benzene rings is 2. The van der Waals surface area contributed by atoms with E-state index in [4.69, 9.17) is 10.5 Å². The summed E-state index contributed by atoms with van der Waals surface area (Å²) in [6, 6.07) is 10.9. The lowest BCUT2D eigenvalue weighted by Gasteiger charge is -2.10. The molecular formula is C16H15BrFNO. The highest BCUT2D eigenvalue weighted by Crippen LogP contribution is 2.32. The third-order valence-corrected chi connectivity index (χ3v) is 4.02. The topological polar surface area (TPSA) is 35.2 Å². The maximum Gasteiger partial charge on any atom is 0.124 e. The van der Waals surface area contributed by atoms with Crippen LogP contribution in [0.5, 0.6) is 5.75 Å². The number of fused-ring (bicyclic) bond motifs is 1. The smallest absolute Gasteiger partial charge is 0.124 e. The summed E-state index contributed by atoms with van der Waals surface area (Å²) in [6.45, 7) is 0.348. The maximum atomic E-state index is 13.3. The van der Waals surface area contributed by atoms with Crippen LogP contribution in [0, 0.1) is 5.82 Å². The van der Waals surface area contributed by atoms with Crippen LogP contribution in [-0.2, 0) is 13.0 Å². The summed E-state index contributed by atoms with van der Waals surface area (Å²) in [5, 5.41) is 0. The summed E-state index contributed by atoms with van der Waals surface area (Å²) in [6.07, 6.45) is 1.99. The molecule has 20 heavy (non-hydrogen) atoms. The van der Waals surface area contributed by atoms with E-state index in [0.29, 0.717) is 6.61 Å². The third kappa shape index (κ3) is 2.86. The van der Waals surface area contributed by atoms with E-state index < -0.39 is 0 Å². The normalized spacial score (nSPS) is 17.1. The number of ether oxygens (including phenoxy) is 1. The first-order valence-electron chi connectivity index (χ1n) is 6.58. The van der Waals surface area contributed by atoms with Gasteiger partial charge in [0.2, 0.25) is 0 Å². The molecule has 0 amide bonds. The molecule has 0 aliphatic heterocycles. The predicted octanol–water partition coefficient (Wildman–Crippen LogP) is 4.11. The van der Waals surface area contributed by atoms with Gasteiger partial charge in [-0.25, -0.2) is 4.39 Å². The van der Waals surface area contributed by atoms with Crippen molar-refractivity contribution in [2.45, 2.75) is 25.5 Å². The number of rotatable bonds is 3. The molecule has 0 unspecified atom stereocenters. The monoisotopic (exact) mass is 335 g/mol. The Labute approximate surface area is 125 Å². The van der Waals surface area contributed by atoms with Crippen LogP contribution in [-0.4, -0.2) is 0 Å². The van der Waals surface area contributed by atoms with Crippen LogP contribution in [0.4, 0.5) is 4.39 Å². The van der Waals surface area contributed by atoms with E-state index in [1.165, 1.54) is 23.3 Å². The van der Waals surface area contributed by atoms with Crippen molar-refractivity contribution in [3.8, 4) is 5.75 Å². The average Bonchev–Trinajstić information content (AvgIpc) is 2.77. The van der Waals surface area contributed by atoms with E-state index in [9.17, 15) is 4.39 Å². The predicted molar refractivity (Wildman–Crippen MR) is 80.1 cm³/mol. The van der Waals surface area contributed by atoms with Crippen LogP contribution < -0.4 is 10.5 Å². The number of aryl methyl sites for hydroxylation is 1. The quantitative estimate of drug-likeness (QED) is 0.915. The summed E-state index contributed by atoms with van der Waals surface area (Å²) in [7, 11) is 0. The first-order valence-corrected chi connectivity index (χ1v) is 7.37. The molecule has 0 saturated carbocycles. The molecule has 1 aliphatic rings. The van der Waals surface area contributed by atoms with Gasteiger partial charge in [0.05, 0.1) is 0 Å². The summed E-state index contributed by atoms with van der Waals surface area (Å²) in [4.78, 5) is 0. The zero-order chi connectivity index (χ0) is 14.1. The third-order valence-electron chi connectivity index (χ3n) is 3.57. The van der Waals surface area contributed by atoms with Crippen molar-refractivity contribution in [3.63, 3.8) is 0 Å². The molecule has 0 radical (unpaired) electrons. The van der Waals surface area contributed by atoms with Gasteiger partial charge >= 0.3 is 0 Å². The van der Waals surface area contributed by atoms with Gasteiger partial charge < -0.3 is 10.5 Å². The zero-order valence-corrected chi connectivity index (χ0v) is 12.5.